The minimum Gasteiger partial charge on any atom is -0.463 e. The van der Waals surface area contributed by atoms with Crippen molar-refractivity contribution in [2.75, 3.05) is 0 Å². The number of aliphatic hydroxyl groups excluding tert-OH is 1. The van der Waals surface area contributed by atoms with E-state index in [1.807, 2.05) is 0 Å². The van der Waals surface area contributed by atoms with E-state index in [1.54, 1.807) is 0 Å². The molecule has 0 amide bonds. The van der Waals surface area contributed by atoms with E-state index in [2.05, 4.69) is 13.8 Å². The molecule has 0 aromatic heterocycles. The SMILES string of the molecule is CC(=O)OC(C)[C@H]1CC[C@H]2[C@@H]3C[C@H]4[C@@H](O)C[C@@]5(CC[C@H](Cl)C[C@]45O)[C@H]3CC[C@]12C. The number of carbonyl (C=O) groups excluding carboxylic acids is 1. The summed E-state index contributed by atoms with van der Waals surface area (Å²) in [6.45, 7) is 6.01. The Morgan fingerprint density at radius 3 is 2.59 bits per heavy atom. The van der Waals surface area contributed by atoms with Crippen LogP contribution >= 0.6 is 11.6 Å². The van der Waals surface area contributed by atoms with Gasteiger partial charge in [0.15, 0.2) is 0 Å². The Morgan fingerprint density at radius 2 is 1.86 bits per heavy atom. The summed E-state index contributed by atoms with van der Waals surface area (Å²) in [6, 6.07) is 0. The van der Waals surface area contributed by atoms with Crippen molar-refractivity contribution in [2.24, 2.45) is 40.4 Å². The molecule has 5 rings (SSSR count). The predicted octanol–water partition coefficient (Wildman–Crippen LogP) is 4.29. The van der Waals surface area contributed by atoms with E-state index in [-0.39, 0.29) is 34.2 Å². The zero-order chi connectivity index (χ0) is 20.8. The van der Waals surface area contributed by atoms with Crippen molar-refractivity contribution >= 4 is 17.6 Å². The Hall–Kier alpha value is -0.320. The number of aliphatic hydroxyl groups is 2. The van der Waals surface area contributed by atoms with Gasteiger partial charge in [-0.05, 0) is 87.9 Å². The molecule has 0 aliphatic heterocycles. The molecule has 0 saturated heterocycles. The molecule has 0 aromatic carbocycles. The van der Waals surface area contributed by atoms with Gasteiger partial charge in [-0.15, -0.1) is 11.6 Å². The van der Waals surface area contributed by atoms with Gasteiger partial charge in [0.05, 0.1) is 11.7 Å². The lowest BCUT2D eigenvalue weighted by molar-refractivity contribution is -0.214. The summed E-state index contributed by atoms with van der Waals surface area (Å²) >= 11 is 6.53. The molecule has 0 radical (unpaired) electrons. The van der Waals surface area contributed by atoms with Gasteiger partial charge >= 0.3 is 5.97 Å². The number of alkyl halides is 1. The molecule has 0 heterocycles. The second-order valence-electron chi connectivity index (χ2n) is 11.5. The highest BCUT2D eigenvalue weighted by molar-refractivity contribution is 6.20. The van der Waals surface area contributed by atoms with Gasteiger partial charge in [-0.1, -0.05) is 6.92 Å². The van der Waals surface area contributed by atoms with Crippen LogP contribution < -0.4 is 0 Å². The molecule has 5 heteroatoms. The number of hydrogen-bond acceptors (Lipinski definition) is 4. The molecule has 5 fully saturated rings. The zero-order valence-electron chi connectivity index (χ0n) is 18.1. The molecule has 5 saturated carbocycles. The molecule has 4 nitrogen and oxygen atoms in total. The van der Waals surface area contributed by atoms with Crippen LogP contribution in [0.25, 0.3) is 0 Å². The van der Waals surface area contributed by atoms with Crippen LogP contribution in [0, 0.1) is 40.4 Å². The highest BCUT2D eigenvalue weighted by Crippen LogP contribution is 2.74. The van der Waals surface area contributed by atoms with Gasteiger partial charge in [-0.3, -0.25) is 4.79 Å². The van der Waals surface area contributed by atoms with Gasteiger partial charge in [0, 0.05) is 29.6 Å². The van der Waals surface area contributed by atoms with E-state index in [9.17, 15) is 15.0 Å². The van der Waals surface area contributed by atoms with E-state index in [1.165, 1.54) is 13.3 Å². The summed E-state index contributed by atoms with van der Waals surface area (Å²) < 4.78 is 5.63. The number of rotatable bonds is 2. The third kappa shape index (κ3) is 2.61. The summed E-state index contributed by atoms with van der Waals surface area (Å²) in [5.41, 5.74) is -0.739. The molecule has 0 spiro atoms. The van der Waals surface area contributed by atoms with Crippen LogP contribution in [-0.4, -0.2) is 39.4 Å². The lowest BCUT2D eigenvalue weighted by Gasteiger charge is -2.63. The van der Waals surface area contributed by atoms with Crippen molar-refractivity contribution in [3.05, 3.63) is 0 Å². The fourth-order valence-electron chi connectivity index (χ4n) is 9.67. The van der Waals surface area contributed by atoms with Gasteiger partial charge < -0.3 is 14.9 Å². The third-order valence-corrected chi connectivity index (χ3v) is 11.0. The summed E-state index contributed by atoms with van der Waals surface area (Å²) in [5, 5.41) is 22.9. The van der Waals surface area contributed by atoms with E-state index in [4.69, 9.17) is 16.3 Å². The van der Waals surface area contributed by atoms with Crippen LogP contribution in [0.15, 0.2) is 0 Å². The molecular formula is C24H37ClO4. The molecule has 5 aliphatic rings. The van der Waals surface area contributed by atoms with Crippen molar-refractivity contribution in [2.45, 2.75) is 102 Å². The van der Waals surface area contributed by atoms with Gasteiger partial charge in [0.1, 0.15) is 6.10 Å². The second kappa shape index (κ2) is 6.59. The normalized spacial score (nSPS) is 56.8. The minimum absolute atomic E-state index is 0.0300. The first-order valence-electron chi connectivity index (χ1n) is 11.8. The number of hydrogen-bond donors (Lipinski definition) is 2. The third-order valence-electron chi connectivity index (χ3n) is 10.6. The predicted molar refractivity (Wildman–Crippen MR) is 111 cm³/mol. The van der Waals surface area contributed by atoms with Crippen LogP contribution in [0.3, 0.4) is 0 Å². The molecule has 1 unspecified atom stereocenters. The zero-order valence-corrected chi connectivity index (χ0v) is 18.8. The highest BCUT2D eigenvalue weighted by Gasteiger charge is 2.73. The highest BCUT2D eigenvalue weighted by atomic mass is 35.5. The standard InChI is InChI=1S/C24H37ClO4/c1-13(29-14(2)26)17-4-5-18-16-10-20-21(27)12-23(19(16)7-8-22(17,18)3)9-6-15(25)11-24(20,23)28/h13,15-21,27-28H,4-12H2,1-3H3/t13?,15-,16-,17+,18-,19-,20-,21-,22+,23-,24-/m0/s1. The van der Waals surface area contributed by atoms with Crippen LogP contribution in [0.2, 0.25) is 0 Å². The van der Waals surface area contributed by atoms with Crippen molar-refractivity contribution in [1.82, 2.24) is 0 Å². The van der Waals surface area contributed by atoms with Crippen molar-refractivity contribution in [3.63, 3.8) is 0 Å². The number of esters is 1. The molecule has 11 atom stereocenters. The fourth-order valence-corrected chi connectivity index (χ4v) is 10.0. The minimum atomic E-state index is -0.783. The summed E-state index contributed by atoms with van der Waals surface area (Å²) in [7, 11) is 0. The van der Waals surface area contributed by atoms with Crippen molar-refractivity contribution in [1.29, 1.82) is 0 Å². The first-order chi connectivity index (χ1) is 13.6. The Bertz CT molecular complexity index is 698. The number of ether oxygens (including phenoxy) is 1. The van der Waals surface area contributed by atoms with E-state index in [0.29, 0.717) is 30.1 Å². The first-order valence-corrected chi connectivity index (χ1v) is 12.3. The molecule has 29 heavy (non-hydrogen) atoms. The van der Waals surface area contributed by atoms with Crippen LogP contribution in [-0.2, 0) is 9.53 Å². The molecule has 2 bridgehead atoms. The molecule has 164 valence electrons. The maximum Gasteiger partial charge on any atom is 0.302 e. The topological polar surface area (TPSA) is 66.8 Å². The van der Waals surface area contributed by atoms with Gasteiger partial charge in [0.2, 0.25) is 0 Å². The molecule has 2 N–H and O–H groups in total. The van der Waals surface area contributed by atoms with E-state index in [0.717, 1.165) is 44.9 Å². The largest absolute Gasteiger partial charge is 0.463 e. The quantitative estimate of drug-likeness (QED) is 0.512. The molecular weight excluding hydrogens is 388 g/mol. The van der Waals surface area contributed by atoms with E-state index < -0.39 is 11.7 Å². The van der Waals surface area contributed by atoms with E-state index >= 15 is 0 Å². The Morgan fingerprint density at radius 1 is 1.10 bits per heavy atom. The Labute approximate surface area is 179 Å². The number of carbonyl (C=O) groups is 1. The van der Waals surface area contributed by atoms with Crippen LogP contribution in [0.1, 0.15) is 78.6 Å². The maximum absolute atomic E-state index is 11.9. The maximum atomic E-state index is 11.9. The monoisotopic (exact) mass is 424 g/mol. The van der Waals surface area contributed by atoms with Gasteiger partial charge in [-0.2, -0.15) is 0 Å². The lowest BCUT2D eigenvalue weighted by Crippen LogP contribution is -2.64. The molecule has 0 aromatic rings. The average molecular weight is 425 g/mol. The van der Waals surface area contributed by atoms with Gasteiger partial charge in [-0.25, -0.2) is 0 Å². The Kier molecular flexibility index (Phi) is 4.68. The average Bonchev–Trinajstić information content (AvgIpc) is 3.03. The van der Waals surface area contributed by atoms with Gasteiger partial charge in [0.25, 0.3) is 0 Å². The van der Waals surface area contributed by atoms with Crippen molar-refractivity contribution < 1.29 is 19.7 Å². The van der Waals surface area contributed by atoms with Crippen LogP contribution in [0.4, 0.5) is 0 Å². The van der Waals surface area contributed by atoms with Crippen molar-refractivity contribution in [3.8, 4) is 0 Å². The second-order valence-corrected chi connectivity index (χ2v) is 12.1. The first kappa shape index (κ1) is 20.6. The fraction of sp³-hybridized carbons (Fsp3) is 0.958. The summed E-state index contributed by atoms with van der Waals surface area (Å²) in [5.74, 6) is 1.86. The van der Waals surface area contributed by atoms with Crippen LogP contribution in [0.5, 0.6) is 0 Å². The smallest absolute Gasteiger partial charge is 0.302 e. The summed E-state index contributed by atoms with van der Waals surface area (Å²) in [6.07, 6.45) is 8.39. The lowest BCUT2D eigenvalue weighted by atomic mass is 9.43. The molecule has 5 aliphatic carbocycles. The number of fused-ring (bicyclic) bond motifs is 3. The number of halogens is 1. The Balaban J connectivity index is 1.47. The summed E-state index contributed by atoms with van der Waals surface area (Å²) in [4.78, 5) is 11.6.